The van der Waals surface area contributed by atoms with Gasteiger partial charge in [0.2, 0.25) is 0 Å². The standard InChI is InChI=1S/C12H13Cl2N3O2/c1-17(2)5-8-15-10-9(12(18)16-8)6(13)4-7(14)11(10)19-3/h4H,5H2,1-3H3,(H,15,16,18). The number of rotatable bonds is 3. The fourth-order valence-corrected chi connectivity index (χ4v) is 2.45. The van der Waals surface area contributed by atoms with Crippen LogP contribution in [0.25, 0.3) is 10.9 Å². The van der Waals surface area contributed by atoms with Crippen molar-refractivity contribution in [3.05, 3.63) is 32.3 Å². The Morgan fingerprint density at radius 1 is 1.37 bits per heavy atom. The molecule has 19 heavy (non-hydrogen) atoms. The van der Waals surface area contributed by atoms with Gasteiger partial charge < -0.3 is 14.6 Å². The van der Waals surface area contributed by atoms with E-state index < -0.39 is 0 Å². The zero-order valence-corrected chi connectivity index (χ0v) is 12.3. The Hall–Kier alpha value is -1.30. The Morgan fingerprint density at radius 2 is 2.05 bits per heavy atom. The van der Waals surface area contributed by atoms with Gasteiger partial charge in [-0.05, 0) is 20.2 Å². The van der Waals surface area contributed by atoms with Crippen LogP contribution in [0.5, 0.6) is 5.75 Å². The van der Waals surface area contributed by atoms with Crippen LogP contribution >= 0.6 is 23.2 Å². The van der Waals surface area contributed by atoms with Crippen molar-refractivity contribution in [2.45, 2.75) is 6.54 Å². The summed E-state index contributed by atoms with van der Waals surface area (Å²) in [6, 6.07) is 1.48. The molecule has 0 aliphatic heterocycles. The molecular weight excluding hydrogens is 289 g/mol. The molecule has 0 radical (unpaired) electrons. The van der Waals surface area contributed by atoms with Crippen LogP contribution in [0.1, 0.15) is 5.82 Å². The van der Waals surface area contributed by atoms with Crippen LogP contribution in [0.4, 0.5) is 0 Å². The highest BCUT2D eigenvalue weighted by molar-refractivity contribution is 6.39. The first kappa shape index (κ1) is 14.1. The molecule has 0 aliphatic rings. The first-order chi connectivity index (χ1) is 8.93. The van der Waals surface area contributed by atoms with Crippen LogP contribution in [0, 0.1) is 0 Å². The molecule has 0 aliphatic carbocycles. The monoisotopic (exact) mass is 301 g/mol. The number of benzene rings is 1. The molecule has 0 fully saturated rings. The highest BCUT2D eigenvalue weighted by Gasteiger charge is 2.16. The van der Waals surface area contributed by atoms with Gasteiger partial charge in [0, 0.05) is 0 Å². The lowest BCUT2D eigenvalue weighted by molar-refractivity contribution is 0.389. The number of fused-ring (bicyclic) bond motifs is 1. The number of ether oxygens (including phenoxy) is 1. The molecule has 0 unspecified atom stereocenters. The molecule has 0 amide bonds. The minimum absolute atomic E-state index is 0.256. The first-order valence-electron chi connectivity index (χ1n) is 5.53. The largest absolute Gasteiger partial charge is 0.493 e. The number of nitrogens with one attached hydrogen (secondary N) is 1. The van der Waals surface area contributed by atoms with E-state index >= 15 is 0 Å². The molecule has 0 bridgehead atoms. The molecule has 0 saturated heterocycles. The predicted molar refractivity (Wildman–Crippen MR) is 76.3 cm³/mol. The number of halogens is 2. The van der Waals surface area contributed by atoms with Crippen molar-refractivity contribution in [2.24, 2.45) is 0 Å². The molecule has 7 heteroatoms. The summed E-state index contributed by atoms with van der Waals surface area (Å²) >= 11 is 12.1. The second-order valence-electron chi connectivity index (χ2n) is 4.35. The fraction of sp³-hybridized carbons (Fsp3) is 0.333. The molecule has 1 N–H and O–H groups in total. The molecule has 1 aromatic carbocycles. The SMILES string of the molecule is COc1c(Cl)cc(Cl)c2c(=O)[nH]c(CN(C)C)nc12. The number of aromatic nitrogens is 2. The van der Waals surface area contributed by atoms with E-state index in [1.165, 1.54) is 13.2 Å². The van der Waals surface area contributed by atoms with Crippen molar-refractivity contribution in [1.82, 2.24) is 14.9 Å². The van der Waals surface area contributed by atoms with Crippen molar-refractivity contribution in [1.29, 1.82) is 0 Å². The number of hydrogen-bond acceptors (Lipinski definition) is 4. The van der Waals surface area contributed by atoms with Gasteiger partial charge in [0.25, 0.3) is 5.56 Å². The van der Waals surface area contributed by atoms with Gasteiger partial charge in [-0.1, -0.05) is 23.2 Å². The Kier molecular flexibility index (Phi) is 3.99. The summed E-state index contributed by atoms with van der Waals surface area (Å²) in [5, 5.41) is 0.866. The van der Waals surface area contributed by atoms with E-state index in [1.807, 2.05) is 19.0 Å². The van der Waals surface area contributed by atoms with Crippen LogP contribution in [-0.2, 0) is 6.54 Å². The molecule has 0 spiro atoms. The smallest absolute Gasteiger partial charge is 0.260 e. The predicted octanol–water partition coefficient (Wildman–Crippen LogP) is 2.30. The van der Waals surface area contributed by atoms with Crippen molar-refractivity contribution in [3.8, 4) is 5.75 Å². The highest BCUT2D eigenvalue weighted by Crippen LogP contribution is 2.35. The van der Waals surface area contributed by atoms with E-state index in [1.54, 1.807) is 0 Å². The molecule has 1 aromatic heterocycles. The van der Waals surface area contributed by atoms with Crippen LogP contribution in [0.2, 0.25) is 10.0 Å². The number of nitrogens with zero attached hydrogens (tertiary/aromatic N) is 2. The maximum absolute atomic E-state index is 12.1. The van der Waals surface area contributed by atoms with Gasteiger partial charge in [0.1, 0.15) is 11.3 Å². The van der Waals surface area contributed by atoms with E-state index in [-0.39, 0.29) is 16.0 Å². The maximum atomic E-state index is 12.1. The average molecular weight is 302 g/mol. The molecule has 5 nitrogen and oxygen atoms in total. The third-order valence-corrected chi connectivity index (χ3v) is 3.14. The van der Waals surface area contributed by atoms with Gasteiger partial charge >= 0.3 is 0 Å². The summed E-state index contributed by atoms with van der Waals surface area (Å²) in [7, 11) is 5.24. The third-order valence-electron chi connectivity index (χ3n) is 2.56. The van der Waals surface area contributed by atoms with E-state index in [4.69, 9.17) is 27.9 Å². The van der Waals surface area contributed by atoms with Crippen molar-refractivity contribution in [2.75, 3.05) is 21.2 Å². The van der Waals surface area contributed by atoms with E-state index in [2.05, 4.69) is 9.97 Å². The average Bonchev–Trinajstić information content (AvgIpc) is 2.26. The Morgan fingerprint density at radius 3 is 2.63 bits per heavy atom. The minimum Gasteiger partial charge on any atom is -0.493 e. The second kappa shape index (κ2) is 5.36. The lowest BCUT2D eigenvalue weighted by Crippen LogP contribution is -2.19. The number of methoxy groups -OCH3 is 1. The Labute approximate surface area is 120 Å². The Balaban J connectivity index is 2.81. The van der Waals surface area contributed by atoms with Crippen LogP contribution in [0.15, 0.2) is 10.9 Å². The quantitative estimate of drug-likeness (QED) is 0.945. The number of hydrogen-bond donors (Lipinski definition) is 1. The molecule has 0 saturated carbocycles. The summed E-state index contributed by atoms with van der Waals surface area (Å²) < 4.78 is 5.21. The molecular formula is C12H13Cl2N3O2. The van der Waals surface area contributed by atoms with Gasteiger partial charge in [0.15, 0.2) is 5.75 Å². The number of aromatic amines is 1. The van der Waals surface area contributed by atoms with Gasteiger partial charge in [-0.3, -0.25) is 4.79 Å². The second-order valence-corrected chi connectivity index (χ2v) is 5.16. The summed E-state index contributed by atoms with van der Waals surface area (Å²) in [5.41, 5.74) is 0.0717. The van der Waals surface area contributed by atoms with Crippen molar-refractivity contribution in [3.63, 3.8) is 0 Å². The molecule has 2 rings (SSSR count). The summed E-state index contributed by atoms with van der Waals surface area (Å²) in [5.74, 6) is 0.881. The van der Waals surface area contributed by atoms with Gasteiger partial charge in [-0.2, -0.15) is 0 Å². The normalized spacial score (nSPS) is 11.3. The summed E-state index contributed by atoms with van der Waals surface area (Å²) in [6.45, 7) is 0.498. The lowest BCUT2D eigenvalue weighted by Gasteiger charge is -2.12. The van der Waals surface area contributed by atoms with E-state index in [0.29, 0.717) is 28.7 Å². The van der Waals surface area contributed by atoms with E-state index in [0.717, 1.165) is 0 Å². The molecule has 2 aromatic rings. The van der Waals surface area contributed by atoms with Gasteiger partial charge in [-0.25, -0.2) is 4.98 Å². The number of H-pyrrole nitrogens is 1. The topological polar surface area (TPSA) is 58.2 Å². The van der Waals surface area contributed by atoms with E-state index in [9.17, 15) is 4.79 Å². The van der Waals surface area contributed by atoms with Crippen molar-refractivity contribution >= 4 is 34.1 Å². The summed E-state index contributed by atoms with van der Waals surface area (Å²) in [6.07, 6.45) is 0. The van der Waals surface area contributed by atoms with Gasteiger partial charge in [0.05, 0.1) is 29.1 Å². The van der Waals surface area contributed by atoms with Crippen LogP contribution in [0.3, 0.4) is 0 Å². The lowest BCUT2D eigenvalue weighted by atomic mass is 10.2. The highest BCUT2D eigenvalue weighted by atomic mass is 35.5. The molecule has 0 atom stereocenters. The van der Waals surface area contributed by atoms with Crippen molar-refractivity contribution < 1.29 is 4.74 Å². The molecule has 1 heterocycles. The zero-order valence-electron chi connectivity index (χ0n) is 10.8. The third kappa shape index (κ3) is 2.68. The zero-order chi connectivity index (χ0) is 14.2. The Bertz CT molecular complexity index is 683. The van der Waals surface area contributed by atoms with Crippen LogP contribution < -0.4 is 10.3 Å². The minimum atomic E-state index is -0.304. The van der Waals surface area contributed by atoms with Crippen LogP contribution in [-0.4, -0.2) is 36.1 Å². The first-order valence-corrected chi connectivity index (χ1v) is 6.29. The van der Waals surface area contributed by atoms with Gasteiger partial charge in [-0.15, -0.1) is 0 Å². The summed E-state index contributed by atoms with van der Waals surface area (Å²) in [4.78, 5) is 21.1. The molecule has 102 valence electrons. The maximum Gasteiger partial charge on any atom is 0.260 e. The fourth-order valence-electron chi connectivity index (χ4n) is 1.84.